The van der Waals surface area contributed by atoms with E-state index in [1.165, 1.54) is 13.0 Å². The topological polar surface area (TPSA) is 73.9 Å². The number of ether oxygens (including phenoxy) is 3. The maximum Gasteiger partial charge on any atom is 0.377 e. The maximum absolute atomic E-state index is 12.9. The van der Waals surface area contributed by atoms with E-state index in [0.717, 1.165) is 18.4 Å². The molecule has 0 bridgehead atoms. The summed E-state index contributed by atoms with van der Waals surface area (Å²) in [5, 5.41) is 2.48. The van der Waals surface area contributed by atoms with Crippen LogP contribution in [0.15, 0.2) is 30.2 Å². The van der Waals surface area contributed by atoms with Gasteiger partial charge in [0.1, 0.15) is 25.3 Å². The van der Waals surface area contributed by atoms with Gasteiger partial charge in [-0.1, -0.05) is 11.6 Å². The fraction of sp³-hybridized carbons (Fsp3) is 0.286. The molecule has 0 radical (unpaired) electrons. The molecule has 0 aromatic heterocycles. The van der Waals surface area contributed by atoms with Crippen LogP contribution in [0.2, 0.25) is 5.02 Å². The van der Waals surface area contributed by atoms with Crippen LogP contribution >= 0.6 is 11.6 Å². The largest absolute Gasteiger partial charge is 0.493 e. The van der Waals surface area contributed by atoms with Gasteiger partial charge in [-0.3, -0.25) is 4.79 Å². The van der Waals surface area contributed by atoms with Crippen molar-refractivity contribution in [3.8, 4) is 0 Å². The van der Waals surface area contributed by atoms with Crippen LogP contribution in [0.5, 0.6) is 0 Å². The summed E-state index contributed by atoms with van der Waals surface area (Å²) in [6, 6.07) is 3.52. The molecule has 0 aliphatic carbocycles. The lowest BCUT2D eigenvalue weighted by Gasteiger charge is -2.17. The van der Waals surface area contributed by atoms with Crippen molar-refractivity contribution >= 4 is 29.2 Å². The second-order valence-electron chi connectivity index (χ2n) is 4.36. The van der Waals surface area contributed by atoms with Gasteiger partial charge in [-0.25, -0.2) is 9.18 Å². The number of carbonyl (C=O) groups is 2. The van der Waals surface area contributed by atoms with Crippen LogP contribution in [-0.2, 0) is 23.8 Å². The van der Waals surface area contributed by atoms with E-state index in [0.29, 0.717) is 6.61 Å². The fourth-order valence-corrected chi connectivity index (χ4v) is 1.79. The molecule has 6 nitrogen and oxygen atoms in total. The third-order valence-electron chi connectivity index (χ3n) is 2.69. The summed E-state index contributed by atoms with van der Waals surface area (Å²) in [5.74, 6) is -2.05. The molecule has 1 aromatic carbocycles. The van der Waals surface area contributed by atoms with E-state index < -0.39 is 23.8 Å². The number of nitrogens with one attached hydrogen (secondary N) is 1. The number of hydrogen-bond acceptors (Lipinski definition) is 5. The molecular weight excluding hydrogens is 317 g/mol. The third-order valence-corrected chi connectivity index (χ3v) is 3.01. The molecule has 0 fully saturated rings. The molecule has 22 heavy (non-hydrogen) atoms. The number of hydrogen-bond donors (Lipinski definition) is 1. The van der Waals surface area contributed by atoms with Crippen LogP contribution in [0.3, 0.4) is 0 Å². The van der Waals surface area contributed by atoms with Gasteiger partial charge in [0.05, 0.1) is 10.7 Å². The highest BCUT2D eigenvalue weighted by atomic mass is 35.5. The normalized spacial score (nSPS) is 15.0. The first kappa shape index (κ1) is 16.1. The van der Waals surface area contributed by atoms with Crippen molar-refractivity contribution in [3.05, 3.63) is 41.1 Å². The average Bonchev–Trinajstić information content (AvgIpc) is 2.50. The van der Waals surface area contributed by atoms with Crippen molar-refractivity contribution in [2.45, 2.75) is 13.0 Å². The lowest BCUT2D eigenvalue weighted by atomic mass is 10.3. The Morgan fingerprint density at radius 2 is 2.18 bits per heavy atom. The minimum atomic E-state index is -1.10. The van der Waals surface area contributed by atoms with E-state index >= 15 is 0 Å². The molecule has 1 N–H and O–H groups in total. The number of esters is 1. The van der Waals surface area contributed by atoms with Crippen LogP contribution in [0.25, 0.3) is 0 Å². The molecular formula is C14H13ClFNO5. The van der Waals surface area contributed by atoms with Gasteiger partial charge in [-0.2, -0.15) is 0 Å². The summed E-state index contributed by atoms with van der Waals surface area (Å²) in [5.41, 5.74) is 0.215. The Bertz CT molecular complexity index is 619. The number of rotatable bonds is 4. The second kappa shape index (κ2) is 7.13. The van der Waals surface area contributed by atoms with Gasteiger partial charge < -0.3 is 19.5 Å². The van der Waals surface area contributed by atoms with Crippen molar-refractivity contribution in [1.29, 1.82) is 0 Å². The van der Waals surface area contributed by atoms with Crippen molar-refractivity contribution in [2.75, 3.05) is 18.5 Å². The highest BCUT2D eigenvalue weighted by Crippen LogP contribution is 2.22. The highest BCUT2D eigenvalue weighted by molar-refractivity contribution is 6.33. The van der Waals surface area contributed by atoms with E-state index in [1.54, 1.807) is 0 Å². The molecule has 2 rings (SSSR count). The number of benzene rings is 1. The zero-order valence-corrected chi connectivity index (χ0v) is 12.4. The molecule has 0 saturated heterocycles. The Kier molecular flexibility index (Phi) is 5.21. The maximum atomic E-state index is 12.9. The first-order valence-electron chi connectivity index (χ1n) is 6.39. The van der Waals surface area contributed by atoms with Crippen molar-refractivity contribution in [3.63, 3.8) is 0 Å². The first-order chi connectivity index (χ1) is 10.5. The zero-order valence-electron chi connectivity index (χ0n) is 11.6. The van der Waals surface area contributed by atoms with E-state index in [2.05, 4.69) is 5.32 Å². The Balaban J connectivity index is 1.94. The van der Waals surface area contributed by atoms with Gasteiger partial charge in [-0.15, -0.1) is 0 Å². The SMILES string of the molecule is C[C@H](OC(=O)C1=COCCO1)C(=O)Nc1ccc(F)cc1Cl. The van der Waals surface area contributed by atoms with Gasteiger partial charge >= 0.3 is 5.97 Å². The molecule has 1 heterocycles. The predicted octanol–water partition coefficient (Wildman–Crippen LogP) is 2.24. The monoisotopic (exact) mass is 329 g/mol. The smallest absolute Gasteiger partial charge is 0.377 e. The lowest BCUT2D eigenvalue weighted by molar-refractivity contribution is -0.153. The minimum absolute atomic E-state index is 0.0404. The van der Waals surface area contributed by atoms with Crippen LogP contribution in [-0.4, -0.2) is 31.2 Å². The van der Waals surface area contributed by atoms with Crippen LogP contribution in [0.1, 0.15) is 6.92 Å². The molecule has 0 spiro atoms. The Labute approximate surface area is 130 Å². The third kappa shape index (κ3) is 4.11. The van der Waals surface area contributed by atoms with E-state index in [9.17, 15) is 14.0 Å². The molecule has 8 heteroatoms. The van der Waals surface area contributed by atoms with Crippen molar-refractivity contribution in [2.24, 2.45) is 0 Å². The molecule has 118 valence electrons. The number of carbonyl (C=O) groups excluding carboxylic acids is 2. The average molecular weight is 330 g/mol. The second-order valence-corrected chi connectivity index (χ2v) is 4.77. The number of anilines is 1. The fourth-order valence-electron chi connectivity index (χ4n) is 1.57. The van der Waals surface area contributed by atoms with Gasteiger partial charge in [0.25, 0.3) is 5.91 Å². The molecule has 1 aromatic rings. The summed E-state index contributed by atoms with van der Waals surface area (Å²) in [7, 11) is 0. The Morgan fingerprint density at radius 3 is 2.82 bits per heavy atom. The summed E-state index contributed by atoms with van der Waals surface area (Å²) in [6.07, 6.45) is 0.0351. The summed E-state index contributed by atoms with van der Waals surface area (Å²) < 4.78 is 27.8. The summed E-state index contributed by atoms with van der Waals surface area (Å²) in [6.45, 7) is 1.96. The van der Waals surface area contributed by atoms with E-state index in [1.807, 2.05) is 0 Å². The number of halogens is 2. The quantitative estimate of drug-likeness (QED) is 0.858. The van der Waals surface area contributed by atoms with Gasteiger partial charge in [0.2, 0.25) is 5.76 Å². The molecule has 0 saturated carbocycles. The highest BCUT2D eigenvalue weighted by Gasteiger charge is 2.23. The van der Waals surface area contributed by atoms with Gasteiger partial charge in [0.15, 0.2) is 6.10 Å². The molecule has 1 aliphatic heterocycles. The molecule has 0 unspecified atom stereocenters. The number of amides is 1. The minimum Gasteiger partial charge on any atom is -0.493 e. The van der Waals surface area contributed by atoms with Gasteiger partial charge in [0, 0.05) is 0 Å². The van der Waals surface area contributed by atoms with E-state index in [-0.39, 0.29) is 23.1 Å². The van der Waals surface area contributed by atoms with Crippen molar-refractivity contribution in [1.82, 2.24) is 0 Å². The van der Waals surface area contributed by atoms with Crippen LogP contribution in [0.4, 0.5) is 10.1 Å². The van der Waals surface area contributed by atoms with E-state index in [4.69, 9.17) is 25.8 Å². The van der Waals surface area contributed by atoms with Crippen LogP contribution < -0.4 is 5.32 Å². The molecule has 1 amide bonds. The first-order valence-corrected chi connectivity index (χ1v) is 6.76. The summed E-state index contributed by atoms with van der Waals surface area (Å²) in [4.78, 5) is 23.7. The predicted molar refractivity (Wildman–Crippen MR) is 75.6 cm³/mol. The Hall–Kier alpha value is -2.28. The zero-order chi connectivity index (χ0) is 16.1. The lowest BCUT2D eigenvalue weighted by Crippen LogP contribution is -2.31. The Morgan fingerprint density at radius 1 is 1.41 bits per heavy atom. The summed E-state index contributed by atoms with van der Waals surface area (Å²) >= 11 is 5.80. The molecule has 1 atom stereocenters. The van der Waals surface area contributed by atoms with Crippen LogP contribution in [0, 0.1) is 5.82 Å². The van der Waals surface area contributed by atoms with Crippen molar-refractivity contribution < 1.29 is 28.2 Å². The molecule has 1 aliphatic rings. The van der Waals surface area contributed by atoms with Gasteiger partial charge in [-0.05, 0) is 25.1 Å². The standard InChI is InChI=1S/C14H13ClFNO5/c1-8(22-14(19)12-7-20-4-5-21-12)13(18)17-11-3-2-9(16)6-10(11)15/h2-3,6-8H,4-5H2,1H3,(H,17,18)/t8-/m0/s1.